The molecule has 7 heteroatoms. The first kappa shape index (κ1) is 19.9. The van der Waals surface area contributed by atoms with E-state index in [1.807, 2.05) is 55.5 Å². The van der Waals surface area contributed by atoms with Gasteiger partial charge >= 0.3 is 0 Å². The van der Waals surface area contributed by atoms with Crippen molar-refractivity contribution in [1.82, 2.24) is 10.2 Å². The normalized spacial score (nSPS) is 30.0. The fourth-order valence-electron chi connectivity index (χ4n) is 5.43. The summed E-state index contributed by atoms with van der Waals surface area (Å²) in [6.45, 7) is 3.75. The number of benzene rings is 2. The van der Waals surface area contributed by atoms with Crippen molar-refractivity contribution in [1.29, 1.82) is 0 Å². The summed E-state index contributed by atoms with van der Waals surface area (Å²) in [4.78, 5) is 41.5. The third kappa shape index (κ3) is 2.77. The number of imide groups is 1. The van der Waals surface area contributed by atoms with Crippen LogP contribution in [0.4, 0.5) is 5.69 Å². The van der Waals surface area contributed by atoms with Gasteiger partial charge in [0.1, 0.15) is 5.54 Å². The molecule has 5 rings (SSSR count). The van der Waals surface area contributed by atoms with Crippen molar-refractivity contribution < 1.29 is 19.5 Å². The van der Waals surface area contributed by atoms with Crippen LogP contribution in [0.2, 0.25) is 0 Å². The molecule has 3 amide bonds. The minimum atomic E-state index is -1.36. The maximum atomic E-state index is 13.6. The Morgan fingerprint density at radius 3 is 2.55 bits per heavy atom. The molecule has 0 bridgehead atoms. The minimum absolute atomic E-state index is 0.250. The largest absolute Gasteiger partial charge is 0.392 e. The van der Waals surface area contributed by atoms with Crippen LogP contribution in [0.1, 0.15) is 23.6 Å². The average Bonchev–Trinajstić information content (AvgIpc) is 3.33. The van der Waals surface area contributed by atoms with Crippen molar-refractivity contribution in [2.75, 3.05) is 11.9 Å². The van der Waals surface area contributed by atoms with Crippen LogP contribution in [0, 0.1) is 18.8 Å². The molecule has 3 aliphatic heterocycles. The molecular weight excluding hydrogens is 394 g/mol. The molecule has 2 aromatic rings. The fraction of sp³-hybridized carbons (Fsp3) is 0.375. The summed E-state index contributed by atoms with van der Waals surface area (Å²) in [5.74, 6) is -2.71. The van der Waals surface area contributed by atoms with E-state index in [1.165, 1.54) is 4.90 Å². The van der Waals surface area contributed by atoms with Crippen molar-refractivity contribution in [2.45, 2.75) is 38.0 Å². The molecule has 3 heterocycles. The third-order valence-electron chi connectivity index (χ3n) is 6.88. The highest BCUT2D eigenvalue weighted by atomic mass is 16.3. The highest BCUT2D eigenvalue weighted by molar-refractivity contribution is 6.15. The number of aryl methyl sites for hydroxylation is 1. The van der Waals surface area contributed by atoms with Crippen molar-refractivity contribution in [3.8, 4) is 0 Å². The average molecular weight is 419 g/mol. The highest BCUT2D eigenvalue weighted by Crippen LogP contribution is 2.53. The number of amides is 3. The lowest BCUT2D eigenvalue weighted by Crippen LogP contribution is -2.55. The summed E-state index contributed by atoms with van der Waals surface area (Å²) in [5.41, 5.74) is 1.92. The molecule has 0 aliphatic carbocycles. The van der Waals surface area contributed by atoms with Crippen LogP contribution in [0.25, 0.3) is 0 Å². The second-order valence-electron chi connectivity index (χ2n) is 8.79. The third-order valence-corrected chi connectivity index (χ3v) is 6.88. The highest BCUT2D eigenvalue weighted by Gasteiger charge is 2.70. The van der Waals surface area contributed by atoms with Crippen LogP contribution < -0.4 is 10.6 Å². The first-order valence-corrected chi connectivity index (χ1v) is 10.6. The Morgan fingerprint density at radius 2 is 1.84 bits per heavy atom. The van der Waals surface area contributed by atoms with Gasteiger partial charge in [-0.1, -0.05) is 48.0 Å². The Hall–Kier alpha value is -3.03. The number of hydrogen-bond acceptors (Lipinski definition) is 5. The van der Waals surface area contributed by atoms with E-state index in [9.17, 15) is 19.5 Å². The zero-order valence-corrected chi connectivity index (χ0v) is 17.5. The van der Waals surface area contributed by atoms with Crippen LogP contribution in [-0.2, 0) is 26.3 Å². The molecule has 2 aromatic carbocycles. The van der Waals surface area contributed by atoms with Crippen LogP contribution in [-0.4, -0.2) is 46.4 Å². The van der Waals surface area contributed by atoms with E-state index in [1.54, 1.807) is 6.92 Å². The maximum absolute atomic E-state index is 13.6. The van der Waals surface area contributed by atoms with Gasteiger partial charge in [-0.3, -0.25) is 24.6 Å². The van der Waals surface area contributed by atoms with Gasteiger partial charge < -0.3 is 10.4 Å². The number of nitrogens with zero attached hydrogens (tertiary/aromatic N) is 1. The summed E-state index contributed by atoms with van der Waals surface area (Å²) in [6, 6.07) is 14.6. The molecule has 0 unspecified atom stereocenters. The van der Waals surface area contributed by atoms with Gasteiger partial charge in [0.15, 0.2) is 0 Å². The number of hydrogen-bond donors (Lipinski definition) is 3. The molecule has 0 aromatic heterocycles. The summed E-state index contributed by atoms with van der Waals surface area (Å²) in [6.07, 6.45) is -0.362. The molecular formula is C24H25N3O4. The molecule has 5 atom stereocenters. The van der Waals surface area contributed by atoms with Gasteiger partial charge in [0.2, 0.25) is 17.7 Å². The number of aliphatic hydroxyl groups excluding tert-OH is 1. The standard InChI is InChI=1S/C24H25N3O4/c1-13-8-9-17-16(12-13)24(23(31)25-17)19-18(20(26-24)14(2)28)21(29)27(22(19)30)11-10-15-6-4-3-5-7-15/h3-9,12,14,18-20,26,28H,10-11H2,1-2H3,(H,25,31)/t14-,18-,19-,20+,24+/m0/s1. The van der Waals surface area contributed by atoms with E-state index < -0.39 is 29.5 Å². The monoisotopic (exact) mass is 419 g/mol. The lowest BCUT2D eigenvalue weighted by Gasteiger charge is -2.30. The Kier molecular flexibility index (Phi) is 4.50. The van der Waals surface area contributed by atoms with Crippen LogP contribution in [0.5, 0.6) is 0 Å². The maximum Gasteiger partial charge on any atom is 0.250 e. The first-order chi connectivity index (χ1) is 14.8. The minimum Gasteiger partial charge on any atom is -0.392 e. The number of carbonyl (C=O) groups excluding carboxylic acids is 3. The number of anilines is 1. The molecule has 0 saturated carbocycles. The Bertz CT molecular complexity index is 1080. The lowest BCUT2D eigenvalue weighted by molar-refractivity contribution is -0.143. The summed E-state index contributed by atoms with van der Waals surface area (Å²) in [5, 5.41) is 16.6. The van der Waals surface area contributed by atoms with Crippen molar-refractivity contribution in [2.24, 2.45) is 11.8 Å². The zero-order valence-electron chi connectivity index (χ0n) is 17.5. The van der Waals surface area contributed by atoms with Crippen molar-refractivity contribution >= 4 is 23.4 Å². The van der Waals surface area contributed by atoms with E-state index in [4.69, 9.17) is 0 Å². The predicted molar refractivity (Wildman–Crippen MR) is 114 cm³/mol. The SMILES string of the molecule is Cc1ccc2c(c1)[C@]1(N[C@H]([C@H](C)O)[C@H]3C(=O)N(CCc4ccccc4)C(=O)[C@H]31)C(=O)N2. The molecule has 160 valence electrons. The lowest BCUT2D eigenvalue weighted by atomic mass is 9.76. The van der Waals surface area contributed by atoms with E-state index in [2.05, 4.69) is 10.6 Å². The molecule has 1 spiro atoms. The van der Waals surface area contributed by atoms with E-state index in [0.29, 0.717) is 17.7 Å². The van der Waals surface area contributed by atoms with Crippen LogP contribution >= 0.6 is 0 Å². The van der Waals surface area contributed by atoms with Crippen LogP contribution in [0.3, 0.4) is 0 Å². The summed E-state index contributed by atoms with van der Waals surface area (Å²) >= 11 is 0. The van der Waals surface area contributed by atoms with Gasteiger partial charge in [-0.2, -0.15) is 0 Å². The smallest absolute Gasteiger partial charge is 0.250 e. The number of carbonyl (C=O) groups is 3. The molecule has 2 saturated heterocycles. The topological polar surface area (TPSA) is 98.7 Å². The number of aliphatic hydroxyl groups is 1. The summed E-state index contributed by atoms with van der Waals surface area (Å²) in [7, 11) is 0. The van der Waals surface area contributed by atoms with Gasteiger partial charge in [0, 0.05) is 23.8 Å². The van der Waals surface area contributed by atoms with E-state index in [-0.39, 0.29) is 24.3 Å². The molecule has 3 aliphatic rings. The molecule has 0 radical (unpaired) electrons. The van der Waals surface area contributed by atoms with E-state index >= 15 is 0 Å². The zero-order chi connectivity index (χ0) is 21.9. The Morgan fingerprint density at radius 1 is 1.10 bits per heavy atom. The second kappa shape index (κ2) is 7.00. The van der Waals surface area contributed by atoms with Gasteiger partial charge in [0.05, 0.1) is 17.9 Å². The quantitative estimate of drug-likeness (QED) is 0.650. The van der Waals surface area contributed by atoms with Crippen molar-refractivity contribution in [3.05, 3.63) is 65.2 Å². The van der Waals surface area contributed by atoms with Gasteiger partial charge in [0.25, 0.3) is 0 Å². The number of rotatable bonds is 4. The van der Waals surface area contributed by atoms with Crippen molar-refractivity contribution in [3.63, 3.8) is 0 Å². The Labute approximate surface area is 180 Å². The van der Waals surface area contributed by atoms with E-state index in [0.717, 1.165) is 11.1 Å². The molecule has 31 heavy (non-hydrogen) atoms. The molecule has 3 N–H and O–H groups in total. The molecule has 2 fully saturated rings. The number of nitrogens with one attached hydrogen (secondary N) is 2. The first-order valence-electron chi connectivity index (χ1n) is 10.6. The van der Waals surface area contributed by atoms with Gasteiger partial charge in [-0.15, -0.1) is 0 Å². The predicted octanol–water partition coefficient (Wildman–Crippen LogP) is 1.34. The fourth-order valence-corrected chi connectivity index (χ4v) is 5.43. The molecule has 7 nitrogen and oxygen atoms in total. The van der Waals surface area contributed by atoms with Gasteiger partial charge in [-0.25, -0.2) is 0 Å². The summed E-state index contributed by atoms with van der Waals surface area (Å²) < 4.78 is 0. The second-order valence-corrected chi connectivity index (χ2v) is 8.79. The number of fused-ring (bicyclic) bond motifs is 4. The number of likely N-dealkylation sites (tertiary alicyclic amines) is 1. The van der Waals surface area contributed by atoms with Gasteiger partial charge in [-0.05, 0) is 31.9 Å². The Balaban J connectivity index is 1.55. The van der Waals surface area contributed by atoms with Crippen LogP contribution in [0.15, 0.2) is 48.5 Å².